The van der Waals surface area contributed by atoms with Crippen molar-refractivity contribution in [3.63, 3.8) is 0 Å². The minimum absolute atomic E-state index is 0.0219. The van der Waals surface area contributed by atoms with Gasteiger partial charge in [0.05, 0.1) is 0 Å². The van der Waals surface area contributed by atoms with Crippen LogP contribution in [0.2, 0.25) is 0 Å². The molecule has 0 atom stereocenters. The van der Waals surface area contributed by atoms with Gasteiger partial charge in [0.15, 0.2) is 0 Å². The summed E-state index contributed by atoms with van der Waals surface area (Å²) in [5, 5.41) is 21.5. The average molecular weight is 278 g/mol. The molecule has 0 saturated carbocycles. The third kappa shape index (κ3) is 3.71. The summed E-state index contributed by atoms with van der Waals surface area (Å²) in [4.78, 5) is 12.1. The van der Waals surface area contributed by atoms with Gasteiger partial charge in [0.25, 0.3) is 5.91 Å². The molecule has 0 spiro atoms. The number of carbonyl (C=O) groups excluding carboxylic acids is 1. The van der Waals surface area contributed by atoms with Gasteiger partial charge in [0, 0.05) is 11.3 Å². The number of phenolic OH excluding ortho intramolecular Hbond substituents is 1. The van der Waals surface area contributed by atoms with E-state index in [1.54, 1.807) is 24.3 Å². The van der Waals surface area contributed by atoms with E-state index in [9.17, 15) is 9.90 Å². The molecule has 0 fully saturated rings. The van der Waals surface area contributed by atoms with Gasteiger partial charge in [-0.05, 0) is 36.8 Å². The van der Waals surface area contributed by atoms with Crippen molar-refractivity contribution in [2.24, 2.45) is 0 Å². The minimum Gasteiger partial charge on any atom is -0.507 e. The van der Waals surface area contributed by atoms with Crippen LogP contribution in [0, 0.1) is 18.3 Å². The Morgan fingerprint density at radius 3 is 2.67 bits per heavy atom. The predicted molar refractivity (Wildman–Crippen MR) is 81.5 cm³/mol. The fraction of sp³-hybridized carbons (Fsp3) is 0.0588. The standard InChI is InChI=1S/C17H14N2O2/c1-12-5-4-7-15(9-12)19-17(21)14(11-18)10-13-6-2-3-8-16(13)20/h2-10,20H,1H3,(H,19,21). The van der Waals surface area contributed by atoms with Gasteiger partial charge in [-0.2, -0.15) is 5.26 Å². The quantitative estimate of drug-likeness (QED) is 0.668. The van der Waals surface area contributed by atoms with Gasteiger partial charge >= 0.3 is 0 Å². The molecule has 0 aliphatic rings. The van der Waals surface area contributed by atoms with Crippen LogP contribution in [0.4, 0.5) is 5.69 Å². The Morgan fingerprint density at radius 1 is 1.24 bits per heavy atom. The van der Waals surface area contributed by atoms with Crippen LogP contribution in [0.5, 0.6) is 5.75 Å². The fourth-order valence-corrected chi connectivity index (χ4v) is 1.83. The summed E-state index contributed by atoms with van der Waals surface area (Å²) in [6.45, 7) is 1.92. The second kappa shape index (κ2) is 6.40. The molecule has 0 aromatic heterocycles. The number of rotatable bonds is 3. The maximum atomic E-state index is 12.1. The molecular weight excluding hydrogens is 264 g/mol. The number of anilines is 1. The maximum absolute atomic E-state index is 12.1. The Morgan fingerprint density at radius 2 is 2.00 bits per heavy atom. The van der Waals surface area contributed by atoms with Gasteiger partial charge in [-0.15, -0.1) is 0 Å². The summed E-state index contributed by atoms with van der Waals surface area (Å²) in [7, 11) is 0. The van der Waals surface area contributed by atoms with E-state index in [1.165, 1.54) is 12.1 Å². The summed E-state index contributed by atoms with van der Waals surface area (Å²) >= 11 is 0. The van der Waals surface area contributed by atoms with Crippen molar-refractivity contribution in [3.8, 4) is 11.8 Å². The number of nitriles is 1. The largest absolute Gasteiger partial charge is 0.507 e. The number of aryl methyl sites for hydroxylation is 1. The first-order valence-corrected chi connectivity index (χ1v) is 6.38. The lowest BCUT2D eigenvalue weighted by atomic mass is 10.1. The van der Waals surface area contributed by atoms with Crippen molar-refractivity contribution in [2.75, 3.05) is 5.32 Å². The topological polar surface area (TPSA) is 73.1 Å². The number of benzene rings is 2. The van der Waals surface area contributed by atoms with Crippen molar-refractivity contribution in [1.82, 2.24) is 0 Å². The monoisotopic (exact) mass is 278 g/mol. The van der Waals surface area contributed by atoms with Crippen molar-refractivity contribution in [3.05, 3.63) is 65.2 Å². The second-order valence-electron chi connectivity index (χ2n) is 4.55. The van der Waals surface area contributed by atoms with E-state index < -0.39 is 5.91 Å². The number of phenols is 1. The second-order valence-corrected chi connectivity index (χ2v) is 4.55. The summed E-state index contributed by atoms with van der Waals surface area (Å²) < 4.78 is 0. The summed E-state index contributed by atoms with van der Waals surface area (Å²) in [5.41, 5.74) is 1.99. The number of para-hydroxylation sites is 1. The van der Waals surface area contributed by atoms with Gasteiger partial charge < -0.3 is 10.4 Å². The van der Waals surface area contributed by atoms with Gasteiger partial charge in [-0.25, -0.2) is 0 Å². The summed E-state index contributed by atoms with van der Waals surface area (Å²) in [5.74, 6) is -0.486. The zero-order valence-corrected chi connectivity index (χ0v) is 11.5. The third-order valence-electron chi connectivity index (χ3n) is 2.88. The highest BCUT2D eigenvalue weighted by Gasteiger charge is 2.10. The van der Waals surface area contributed by atoms with E-state index in [-0.39, 0.29) is 11.3 Å². The lowest BCUT2D eigenvalue weighted by Gasteiger charge is -2.05. The molecule has 2 aromatic carbocycles. The molecule has 2 aromatic rings. The van der Waals surface area contributed by atoms with Crippen LogP contribution in [0.1, 0.15) is 11.1 Å². The fourth-order valence-electron chi connectivity index (χ4n) is 1.83. The molecule has 4 nitrogen and oxygen atoms in total. The van der Waals surface area contributed by atoms with E-state index in [4.69, 9.17) is 5.26 Å². The molecule has 21 heavy (non-hydrogen) atoms. The number of hydrogen-bond acceptors (Lipinski definition) is 3. The van der Waals surface area contributed by atoms with Crippen LogP contribution in [0.15, 0.2) is 54.1 Å². The Bertz CT molecular complexity index is 742. The molecule has 0 radical (unpaired) electrons. The lowest BCUT2D eigenvalue weighted by Crippen LogP contribution is -2.13. The number of nitrogens with one attached hydrogen (secondary N) is 1. The van der Waals surface area contributed by atoms with E-state index in [0.29, 0.717) is 11.3 Å². The zero-order valence-electron chi connectivity index (χ0n) is 11.5. The smallest absolute Gasteiger partial charge is 0.266 e. The van der Waals surface area contributed by atoms with Crippen molar-refractivity contribution in [1.29, 1.82) is 5.26 Å². The number of nitrogens with zero attached hydrogens (tertiary/aromatic N) is 1. The van der Waals surface area contributed by atoms with Crippen molar-refractivity contribution in [2.45, 2.75) is 6.92 Å². The van der Waals surface area contributed by atoms with Crippen molar-refractivity contribution >= 4 is 17.7 Å². The molecule has 0 saturated heterocycles. The van der Waals surface area contributed by atoms with E-state index in [2.05, 4.69) is 5.32 Å². The molecule has 104 valence electrons. The first kappa shape index (κ1) is 14.4. The Labute approximate surface area is 123 Å². The maximum Gasteiger partial charge on any atom is 0.266 e. The highest BCUT2D eigenvalue weighted by molar-refractivity contribution is 6.09. The van der Waals surface area contributed by atoms with Gasteiger partial charge in [-0.1, -0.05) is 30.3 Å². The SMILES string of the molecule is Cc1cccc(NC(=O)C(C#N)=Cc2ccccc2O)c1. The van der Waals surface area contributed by atoms with Crippen LogP contribution in [-0.2, 0) is 4.79 Å². The molecule has 0 bridgehead atoms. The van der Waals surface area contributed by atoms with Gasteiger partial charge in [0.1, 0.15) is 17.4 Å². The number of carbonyl (C=O) groups is 1. The normalized spacial score (nSPS) is 10.8. The predicted octanol–water partition coefficient (Wildman–Crippen LogP) is 3.25. The average Bonchev–Trinajstić information content (AvgIpc) is 2.46. The van der Waals surface area contributed by atoms with Crippen LogP contribution >= 0.6 is 0 Å². The summed E-state index contributed by atoms with van der Waals surface area (Å²) in [6, 6.07) is 15.7. The van der Waals surface area contributed by atoms with Gasteiger partial charge in [-0.3, -0.25) is 4.79 Å². The first-order chi connectivity index (χ1) is 10.1. The number of amides is 1. The highest BCUT2D eigenvalue weighted by atomic mass is 16.3. The van der Waals surface area contributed by atoms with Crippen molar-refractivity contribution < 1.29 is 9.90 Å². The van der Waals surface area contributed by atoms with Crippen LogP contribution in [-0.4, -0.2) is 11.0 Å². The molecule has 0 heterocycles. The lowest BCUT2D eigenvalue weighted by molar-refractivity contribution is -0.112. The van der Waals surface area contributed by atoms with Gasteiger partial charge in [0.2, 0.25) is 0 Å². The van der Waals surface area contributed by atoms with Crippen LogP contribution in [0.3, 0.4) is 0 Å². The van der Waals surface area contributed by atoms with Crippen LogP contribution < -0.4 is 5.32 Å². The molecule has 2 rings (SSSR count). The Hall–Kier alpha value is -3.06. The molecule has 2 N–H and O–H groups in total. The molecule has 0 aliphatic carbocycles. The Balaban J connectivity index is 2.24. The molecule has 0 unspecified atom stereocenters. The molecular formula is C17H14N2O2. The Kier molecular flexibility index (Phi) is 4.37. The highest BCUT2D eigenvalue weighted by Crippen LogP contribution is 2.19. The minimum atomic E-state index is -0.508. The first-order valence-electron chi connectivity index (χ1n) is 6.38. The van der Waals surface area contributed by atoms with E-state index >= 15 is 0 Å². The molecule has 1 amide bonds. The summed E-state index contributed by atoms with van der Waals surface area (Å²) in [6.07, 6.45) is 1.36. The van der Waals surface area contributed by atoms with Crippen LogP contribution in [0.25, 0.3) is 6.08 Å². The number of aromatic hydroxyl groups is 1. The molecule has 4 heteroatoms. The zero-order chi connectivity index (χ0) is 15.2. The van der Waals surface area contributed by atoms with E-state index in [1.807, 2.05) is 31.2 Å². The number of hydrogen-bond donors (Lipinski definition) is 2. The van der Waals surface area contributed by atoms with E-state index in [0.717, 1.165) is 5.56 Å². The molecule has 0 aliphatic heterocycles. The third-order valence-corrected chi connectivity index (χ3v) is 2.88.